The lowest BCUT2D eigenvalue weighted by Crippen LogP contribution is -2.50. The second kappa shape index (κ2) is 42.5. The van der Waals surface area contributed by atoms with Gasteiger partial charge < -0.3 is 54.3 Å². The number of fused-ring (bicyclic) bond motifs is 4. The van der Waals surface area contributed by atoms with Gasteiger partial charge in [0, 0.05) is 224 Å². The maximum atomic E-state index is 14.5. The van der Waals surface area contributed by atoms with Crippen LogP contribution in [-0.2, 0) is 19.2 Å². The number of nitrogens with zero attached hydrogens (tertiary/aromatic N) is 23. The number of hydrogen-bond acceptors (Lipinski definition) is 20. The molecule has 8 aromatic heterocycles. The third-order valence-corrected chi connectivity index (χ3v) is 26.6. The molecule has 0 radical (unpaired) electrons. The third kappa shape index (κ3) is 21.7. The number of nitrogens with one attached hydrogen (secondary N) is 1. The second-order valence-electron chi connectivity index (χ2n) is 35.3. The molecule has 36 heteroatoms. The van der Waals surface area contributed by atoms with Gasteiger partial charge in [0.25, 0.3) is 0 Å². The van der Waals surface area contributed by atoms with Gasteiger partial charge in [-0.2, -0.15) is 20.4 Å². The van der Waals surface area contributed by atoms with E-state index in [1.807, 2.05) is 70.5 Å². The predicted molar refractivity (Wildman–Crippen MR) is 501 cm³/mol. The van der Waals surface area contributed by atoms with E-state index in [2.05, 4.69) is 61.2 Å². The number of benzene rings is 4. The van der Waals surface area contributed by atoms with Crippen LogP contribution < -0.4 is 24.9 Å². The minimum absolute atomic E-state index is 0.0209. The number of anilines is 4. The normalized spacial score (nSPS) is 19.6. The Morgan fingerprint density at radius 1 is 0.356 bits per heavy atom. The van der Waals surface area contributed by atoms with Crippen LogP contribution in [0.5, 0.6) is 0 Å². The van der Waals surface area contributed by atoms with Crippen molar-refractivity contribution in [3.8, 4) is 0 Å². The molecule has 0 spiro atoms. The van der Waals surface area contributed by atoms with Gasteiger partial charge in [-0.05, 0) is 213 Å². The standard InChI is InChI=1S/C26H30F2N6O.C25H28F2N6O.2C24H26F2N6O/c1-18(2)31-12-14-32(15-13-31)25(35)8-5-19-17-29-34-11-9-24(30-26(19)34)33-10-3-4-23(33)21-16-20(27)6-7-22(21)28;1-2-30-12-14-31(15-13-30)24(34)8-5-18-17-28-33-11-9-23(29-25(18)33)32-10-3-4-22(32)20-16-19(26)6-7-21(20)27;1-29-11-13-30(14-12-29)23(33)7-4-17-16-27-32-10-8-22(28-24(17)32)31-9-2-3-21(31)19-15-18(25)5-6-20(19)26;25-18-5-6-20(26)19(15-18)21-3-1-12-31(21)22-8-13-32-24(29-22)17(16-28-32)4-7-23(33)30-11-2-9-27-10-14-30/h5-9,11,16-18,23H,3-4,10,12-15H2,1-2H3;5-9,11,16-17,22H,2-4,10,12-15H2,1H3;4-8,10,15-16,21H,2-3,9,11-14H2,1H3;4-8,13,15-16,21,27H,1-3,9-12,14H2/b2*8-5+;2*7-4+/t23-;22-;2*21-/m1111/s1. The molecule has 0 saturated carbocycles. The Bertz CT molecular complexity index is 6360. The highest BCUT2D eigenvalue weighted by atomic mass is 19.2. The number of halogens is 8. The summed E-state index contributed by atoms with van der Waals surface area (Å²) in [5.74, 6) is -0.845. The summed E-state index contributed by atoms with van der Waals surface area (Å²) in [6.07, 6.45) is 34.5. The number of aromatic nitrogens is 12. The number of amides is 4. The molecule has 135 heavy (non-hydrogen) atoms. The van der Waals surface area contributed by atoms with Crippen LogP contribution in [-0.4, -0.2) is 267 Å². The molecule has 8 aliphatic heterocycles. The summed E-state index contributed by atoms with van der Waals surface area (Å²) < 4.78 is 120. The Balaban J connectivity index is 0.000000125. The SMILES string of the molecule is CC(C)N1CCN(C(=O)/C=C/c2cnn3ccc(N4CCC[C@@H]4c4cc(F)ccc4F)nc23)CC1.CCN1CCN(C(=O)/C=C/c2cnn3ccc(N4CCC[C@@H]4c4cc(F)ccc4F)nc23)CC1.CN1CCN(C(=O)/C=C/c2cnn3ccc(N4CCC[C@@H]4c4cc(F)ccc4F)nc23)CC1.O=C(/C=C/c1cnn2ccc(N3CCC[C@@H]3c3cc(F)ccc3F)nc12)N1CCCNCC1. The first kappa shape index (κ1) is 93.5. The van der Waals surface area contributed by atoms with E-state index in [1.54, 1.807) is 116 Å². The minimum Gasteiger partial charge on any atom is -0.349 e. The molecule has 16 heterocycles. The van der Waals surface area contributed by atoms with Crippen molar-refractivity contribution in [3.05, 3.63) is 262 Å². The first-order valence-electron chi connectivity index (χ1n) is 46.5. The Labute approximate surface area is 777 Å². The predicted octanol–water partition coefficient (Wildman–Crippen LogP) is 13.8. The molecule has 28 nitrogen and oxygen atoms in total. The van der Waals surface area contributed by atoms with E-state index in [-0.39, 0.29) is 47.8 Å². The van der Waals surface area contributed by atoms with E-state index in [0.717, 1.165) is 183 Å². The van der Waals surface area contributed by atoms with Crippen LogP contribution in [0.1, 0.15) is 147 Å². The van der Waals surface area contributed by atoms with Crippen molar-refractivity contribution in [3.63, 3.8) is 0 Å². The van der Waals surface area contributed by atoms with E-state index in [0.29, 0.717) is 133 Å². The zero-order valence-electron chi connectivity index (χ0n) is 76.0. The molecule has 8 saturated heterocycles. The van der Waals surface area contributed by atoms with Crippen molar-refractivity contribution in [1.82, 2.24) is 98.0 Å². The maximum absolute atomic E-state index is 14.5. The Kier molecular flexibility index (Phi) is 29.4. The molecule has 8 aliphatic rings. The fraction of sp³-hybridized carbons (Fsp3) is 0.394. The molecular formula is C99H110F8N24O4. The summed E-state index contributed by atoms with van der Waals surface area (Å²) in [5, 5.41) is 20.7. The van der Waals surface area contributed by atoms with Gasteiger partial charge in [-0.1, -0.05) is 6.92 Å². The van der Waals surface area contributed by atoms with Crippen molar-refractivity contribution in [2.24, 2.45) is 0 Å². The van der Waals surface area contributed by atoms with Crippen LogP contribution in [0.25, 0.3) is 46.9 Å². The van der Waals surface area contributed by atoms with Gasteiger partial charge in [0.1, 0.15) is 69.8 Å². The molecule has 1 N–H and O–H groups in total. The molecule has 0 unspecified atom stereocenters. The minimum atomic E-state index is -0.449. The van der Waals surface area contributed by atoms with E-state index in [1.165, 1.54) is 48.5 Å². The maximum Gasteiger partial charge on any atom is 0.246 e. The number of carbonyl (C=O) groups excluding carboxylic acids is 4. The summed E-state index contributed by atoms with van der Waals surface area (Å²) in [4.78, 5) is 92.0. The van der Waals surface area contributed by atoms with Gasteiger partial charge in [0.15, 0.2) is 22.6 Å². The summed E-state index contributed by atoms with van der Waals surface area (Å²) in [7, 11) is 2.05. The smallest absolute Gasteiger partial charge is 0.246 e. The molecule has 4 amide bonds. The van der Waals surface area contributed by atoms with E-state index < -0.39 is 46.5 Å². The lowest BCUT2D eigenvalue weighted by molar-refractivity contribution is -0.128. The Morgan fingerprint density at radius 3 is 0.941 bits per heavy atom. The van der Waals surface area contributed by atoms with Crippen molar-refractivity contribution >= 4 is 93.8 Å². The number of rotatable bonds is 18. The van der Waals surface area contributed by atoms with Crippen molar-refractivity contribution < 1.29 is 54.3 Å². The lowest BCUT2D eigenvalue weighted by atomic mass is 10.0. The molecule has 12 aromatic rings. The first-order chi connectivity index (χ1) is 65.5. The molecule has 0 aliphatic carbocycles. The van der Waals surface area contributed by atoms with Crippen LogP contribution in [0.3, 0.4) is 0 Å². The highest BCUT2D eigenvalue weighted by Crippen LogP contribution is 2.42. The van der Waals surface area contributed by atoms with Gasteiger partial charge in [0.2, 0.25) is 23.6 Å². The molecule has 706 valence electrons. The molecule has 4 aromatic carbocycles. The van der Waals surface area contributed by atoms with E-state index in [4.69, 9.17) is 19.9 Å². The van der Waals surface area contributed by atoms with Crippen molar-refractivity contribution in [2.75, 3.05) is 164 Å². The van der Waals surface area contributed by atoms with Crippen LogP contribution in [0.15, 0.2) is 171 Å². The average molecular weight is 1850 g/mol. The number of piperazine rings is 3. The highest BCUT2D eigenvalue weighted by molar-refractivity contribution is 5.95. The van der Waals surface area contributed by atoms with Crippen molar-refractivity contribution in [2.45, 2.75) is 109 Å². The third-order valence-electron chi connectivity index (χ3n) is 26.6. The molecule has 8 fully saturated rings. The Hall–Kier alpha value is -13.3. The number of carbonyl (C=O) groups is 4. The monoisotopic (exact) mass is 1850 g/mol. The topological polar surface area (TPSA) is 237 Å². The van der Waals surface area contributed by atoms with Gasteiger partial charge in [0.05, 0.1) is 49.0 Å². The Morgan fingerprint density at radius 2 is 0.644 bits per heavy atom. The van der Waals surface area contributed by atoms with Crippen molar-refractivity contribution in [1.29, 1.82) is 0 Å². The highest BCUT2D eigenvalue weighted by Gasteiger charge is 2.36. The van der Waals surface area contributed by atoms with Gasteiger partial charge in [-0.15, -0.1) is 0 Å². The summed E-state index contributed by atoms with van der Waals surface area (Å²) in [6.45, 7) is 23.0. The molecule has 0 bridgehead atoms. The first-order valence-corrected chi connectivity index (χ1v) is 46.5. The summed E-state index contributed by atoms with van der Waals surface area (Å²) in [6, 6.07) is 21.0. The van der Waals surface area contributed by atoms with Crippen LogP contribution in [0.4, 0.5) is 58.4 Å². The molecular weight excluding hydrogens is 1740 g/mol. The van der Waals surface area contributed by atoms with Gasteiger partial charge in [-0.25, -0.2) is 73.1 Å². The van der Waals surface area contributed by atoms with Crippen LogP contribution in [0, 0.1) is 46.5 Å². The van der Waals surface area contributed by atoms with E-state index in [9.17, 15) is 54.3 Å². The zero-order chi connectivity index (χ0) is 93.9. The fourth-order valence-electron chi connectivity index (χ4n) is 19.1. The summed E-state index contributed by atoms with van der Waals surface area (Å²) >= 11 is 0. The number of likely N-dealkylation sites (N-methyl/N-ethyl adjacent to an activating group) is 2. The van der Waals surface area contributed by atoms with Crippen LogP contribution >= 0.6 is 0 Å². The van der Waals surface area contributed by atoms with E-state index >= 15 is 0 Å². The van der Waals surface area contributed by atoms with Gasteiger partial charge >= 0.3 is 0 Å². The number of hydrogen-bond donors (Lipinski definition) is 1. The van der Waals surface area contributed by atoms with Crippen LogP contribution in [0.2, 0.25) is 0 Å². The van der Waals surface area contributed by atoms with Gasteiger partial charge in [-0.3, -0.25) is 24.1 Å². The second-order valence-corrected chi connectivity index (χ2v) is 35.3. The average Bonchev–Trinajstić information content (AvgIpc) is 1.68. The largest absolute Gasteiger partial charge is 0.349 e. The fourth-order valence-corrected chi connectivity index (χ4v) is 19.1. The zero-order valence-corrected chi connectivity index (χ0v) is 76.0. The lowest BCUT2D eigenvalue weighted by Gasteiger charge is -2.36. The summed E-state index contributed by atoms with van der Waals surface area (Å²) in [5.41, 5.74) is 6.76. The molecule has 4 atom stereocenters. The quantitative estimate of drug-likeness (QED) is 0.0621. The molecule has 20 rings (SSSR count).